The van der Waals surface area contributed by atoms with Gasteiger partial charge in [0.1, 0.15) is 123 Å². The summed E-state index contributed by atoms with van der Waals surface area (Å²) in [6.45, 7) is -7.60. The average Bonchev–Trinajstić information content (AvgIpc) is 3.52. The van der Waals surface area contributed by atoms with Crippen LogP contribution in [0.1, 0.15) is 19.8 Å². The number of carbonyl (C=O) groups excluding carboxylic acids is 3. The molecule has 456 valence electrons. The Kier molecular flexibility index (Phi) is 23.4. The fourth-order valence-electron chi connectivity index (χ4n) is 9.52. The minimum Gasteiger partial charge on any atom is -0.477 e. The maximum Gasteiger partial charge on any atom is 0.364 e. The van der Waals surface area contributed by atoms with Crippen molar-refractivity contribution < 1.29 is 169 Å². The highest BCUT2D eigenvalue weighted by atomic mass is 16.8. The molecule has 3 amide bonds. The molecule has 0 aromatic rings. The molecule has 5 fully saturated rings. The van der Waals surface area contributed by atoms with Crippen LogP contribution in [0, 0.1) is 0 Å². The number of carbonyl (C=O) groups is 5. The lowest BCUT2D eigenvalue weighted by molar-refractivity contribution is -0.374. The first-order chi connectivity index (χ1) is 37.1. The summed E-state index contributed by atoms with van der Waals surface area (Å²) in [7, 11) is 0. The van der Waals surface area contributed by atoms with E-state index < -0.39 is 253 Å². The van der Waals surface area contributed by atoms with Gasteiger partial charge in [-0.25, -0.2) is 9.59 Å². The fraction of sp³-hybridized carbons (Fsp3) is 0.881. The van der Waals surface area contributed by atoms with Crippen molar-refractivity contribution in [2.24, 2.45) is 0 Å². The number of hydrogen-bond donors (Lipinski definition) is 23. The minimum atomic E-state index is -3.35. The molecule has 27 atom stereocenters. The quantitative estimate of drug-likeness (QED) is 0.0427. The molecule has 0 radical (unpaired) electrons. The lowest BCUT2D eigenvalue weighted by Crippen LogP contribution is -2.71. The molecule has 5 saturated heterocycles. The molecule has 5 aliphatic heterocycles. The number of aliphatic hydroxyl groups is 18. The minimum absolute atomic E-state index is 0.894. The molecule has 0 unspecified atom stereocenters. The molecule has 79 heavy (non-hydrogen) atoms. The number of carboxylic acid groups (broad SMARTS) is 2. The van der Waals surface area contributed by atoms with E-state index in [2.05, 4.69) is 5.32 Å². The van der Waals surface area contributed by atoms with Crippen molar-refractivity contribution in [1.82, 2.24) is 16.0 Å². The number of nitrogens with one attached hydrogen (secondary N) is 3. The summed E-state index contributed by atoms with van der Waals surface area (Å²) in [5, 5.41) is 218. The molecule has 0 spiro atoms. The number of hydrogen-bond acceptors (Lipinski definition) is 32. The van der Waals surface area contributed by atoms with Crippen molar-refractivity contribution in [3.8, 4) is 0 Å². The van der Waals surface area contributed by atoms with Crippen molar-refractivity contribution in [2.45, 2.75) is 184 Å². The van der Waals surface area contributed by atoms with Gasteiger partial charge in [0.25, 0.3) is 11.6 Å². The largest absolute Gasteiger partial charge is 0.477 e. The predicted molar refractivity (Wildman–Crippen MR) is 239 cm³/mol. The van der Waals surface area contributed by atoms with Crippen LogP contribution in [-0.2, 0) is 66.6 Å². The second-order valence-corrected chi connectivity index (χ2v) is 19.1. The number of aliphatic hydroxyl groups excluding tert-OH is 18. The van der Waals surface area contributed by atoms with Crippen molar-refractivity contribution in [3.63, 3.8) is 0 Å². The Bertz CT molecular complexity index is 2030. The van der Waals surface area contributed by atoms with Crippen molar-refractivity contribution in [1.29, 1.82) is 0 Å². The highest BCUT2D eigenvalue weighted by Crippen LogP contribution is 2.39. The van der Waals surface area contributed by atoms with E-state index in [9.17, 15) is 126 Å². The SMILES string of the molecule is CC(=O)N[C@@H]1[C@@H](O[C@@H]2O[C@H](CO)[C@H](O[C@@H]3O[C@H](CO)[C@H](O)[C@H](O)[C@H]3O)[C@H](O)[C@H]2O)[C@@H](O)[C@@H](CO[C@]2(C(=O)O)C[C@H](O)[C@@H](NC(=O)CO)[C@H]([C@H](O)[C@@H](CO)O[C@]3(C(=O)O)C[C@H](O)[C@@H](NC(=O)CO)[C@H]([C@H](O)[C@H](O)CO)O3)O2)O[C@@H]1O. The first kappa shape index (κ1) is 66.1. The molecule has 0 saturated carbocycles. The Hall–Kier alpha value is -3.73. The molecule has 37 nitrogen and oxygen atoms in total. The standard InChI is InChI=1S/C42H69N3O34/c1-11(52)43-23-33(76-38-31(65)29(63)32(17(7-49)74-38)75-37-30(64)28(62)25(59)15(5-47)73-37)27(61)18(72-36(23)66)10-71-41(39(67)68)2-12(53)22(45-20(57)9-51)35(78-41)26(60)16(6-48)77-42(40(69)70)3-13(54)21(44-19(56)8-50)34(79-42)24(58)14(55)4-46/h12-18,21-38,46-51,53-55,58-66H,2-10H2,1H3,(H,43,52)(H,44,56)(H,45,57)(H,67,68)(H,69,70)/t12-,13-,14+,15+,16+,17+,18+,21+,22+,23+,24+,25-,26+,27-,28-,29+,30+,31+,32-,33+,34+,35+,36-,37-,38-,41+,42+/m0/s1. The molecule has 5 rings (SSSR count). The molecule has 5 aliphatic rings. The van der Waals surface area contributed by atoms with Gasteiger partial charge in [0.2, 0.25) is 17.7 Å². The predicted octanol–water partition coefficient (Wildman–Crippen LogP) is -15.1. The fourth-order valence-corrected chi connectivity index (χ4v) is 9.52. The molecule has 0 aromatic carbocycles. The number of rotatable bonds is 24. The van der Waals surface area contributed by atoms with Gasteiger partial charge in [-0.1, -0.05) is 0 Å². The van der Waals surface area contributed by atoms with Gasteiger partial charge in [0.15, 0.2) is 18.9 Å². The second kappa shape index (κ2) is 28.0. The Morgan fingerprint density at radius 2 is 1.05 bits per heavy atom. The molecule has 0 aliphatic carbocycles. The number of ether oxygens (including phenoxy) is 9. The zero-order valence-electron chi connectivity index (χ0n) is 41.5. The molecule has 0 bridgehead atoms. The molecule has 5 heterocycles. The second-order valence-electron chi connectivity index (χ2n) is 19.1. The Labute approximate surface area is 444 Å². The van der Waals surface area contributed by atoms with Crippen LogP contribution in [0.3, 0.4) is 0 Å². The van der Waals surface area contributed by atoms with E-state index in [4.69, 9.17) is 42.6 Å². The normalized spacial score (nSPS) is 42.4. The lowest BCUT2D eigenvalue weighted by atomic mass is 9.87. The van der Waals surface area contributed by atoms with E-state index in [1.165, 1.54) is 0 Å². The highest BCUT2D eigenvalue weighted by molar-refractivity contribution is 5.79. The smallest absolute Gasteiger partial charge is 0.364 e. The molecule has 0 aromatic heterocycles. The number of amides is 3. The van der Waals surface area contributed by atoms with Gasteiger partial charge in [-0.15, -0.1) is 0 Å². The van der Waals surface area contributed by atoms with E-state index in [-0.39, 0.29) is 0 Å². The third-order valence-corrected chi connectivity index (χ3v) is 13.7. The molecule has 23 N–H and O–H groups in total. The third-order valence-electron chi connectivity index (χ3n) is 13.7. The number of carboxylic acids is 2. The van der Waals surface area contributed by atoms with Crippen molar-refractivity contribution >= 4 is 29.7 Å². The molecule has 37 heteroatoms. The first-order valence-corrected chi connectivity index (χ1v) is 24.2. The zero-order chi connectivity index (χ0) is 59.2. The number of aliphatic carboxylic acids is 2. The van der Waals surface area contributed by atoms with E-state index in [1.807, 2.05) is 10.6 Å². The van der Waals surface area contributed by atoms with Crippen LogP contribution in [0.4, 0.5) is 0 Å². The topological polar surface area (TPSA) is 609 Å². The summed E-state index contributed by atoms with van der Waals surface area (Å²) in [5.41, 5.74) is 0. The monoisotopic (exact) mass is 1160 g/mol. The van der Waals surface area contributed by atoms with Gasteiger partial charge in [-0.2, -0.15) is 0 Å². The van der Waals surface area contributed by atoms with Gasteiger partial charge in [0, 0.05) is 19.8 Å². The van der Waals surface area contributed by atoms with Gasteiger partial charge < -0.3 is 161 Å². The average molecular weight is 1160 g/mol. The van der Waals surface area contributed by atoms with Crippen molar-refractivity contribution in [2.75, 3.05) is 46.2 Å². The Morgan fingerprint density at radius 1 is 0.557 bits per heavy atom. The van der Waals surface area contributed by atoms with Crippen molar-refractivity contribution in [3.05, 3.63) is 0 Å². The van der Waals surface area contributed by atoms with Crippen LogP contribution >= 0.6 is 0 Å². The van der Waals surface area contributed by atoms with Crippen LogP contribution in [-0.4, -0.2) is 343 Å². The van der Waals surface area contributed by atoms with Crippen LogP contribution < -0.4 is 16.0 Å². The van der Waals surface area contributed by atoms with Gasteiger partial charge in [-0.3, -0.25) is 14.4 Å². The van der Waals surface area contributed by atoms with Crippen LogP contribution in [0.15, 0.2) is 0 Å². The van der Waals surface area contributed by atoms with E-state index in [0.29, 0.717) is 0 Å². The summed E-state index contributed by atoms with van der Waals surface area (Å²) in [4.78, 5) is 63.2. The van der Waals surface area contributed by atoms with E-state index in [1.54, 1.807) is 0 Å². The maximum atomic E-state index is 13.2. The van der Waals surface area contributed by atoms with Gasteiger partial charge in [0.05, 0.1) is 57.3 Å². The maximum absolute atomic E-state index is 13.2. The van der Waals surface area contributed by atoms with E-state index >= 15 is 0 Å². The first-order valence-electron chi connectivity index (χ1n) is 24.2. The lowest BCUT2D eigenvalue weighted by Gasteiger charge is -2.50. The van der Waals surface area contributed by atoms with Gasteiger partial charge >= 0.3 is 11.9 Å². The zero-order valence-corrected chi connectivity index (χ0v) is 41.5. The summed E-state index contributed by atoms with van der Waals surface area (Å²) in [6, 6.07) is -5.78. The highest BCUT2D eigenvalue weighted by Gasteiger charge is 2.61. The molecular formula is C42H69N3O34. The van der Waals surface area contributed by atoms with Crippen LogP contribution in [0.5, 0.6) is 0 Å². The Balaban J connectivity index is 1.42. The van der Waals surface area contributed by atoms with E-state index in [0.717, 1.165) is 6.92 Å². The summed E-state index contributed by atoms with van der Waals surface area (Å²) in [5.74, 6) is -14.5. The third kappa shape index (κ3) is 14.6. The Morgan fingerprint density at radius 3 is 1.54 bits per heavy atom. The summed E-state index contributed by atoms with van der Waals surface area (Å²) < 4.78 is 50.0. The van der Waals surface area contributed by atoms with Gasteiger partial charge in [-0.05, 0) is 0 Å². The summed E-state index contributed by atoms with van der Waals surface area (Å²) in [6.07, 6.45) is -49.6. The van der Waals surface area contributed by atoms with Crippen LogP contribution in [0.25, 0.3) is 0 Å². The summed E-state index contributed by atoms with van der Waals surface area (Å²) >= 11 is 0. The van der Waals surface area contributed by atoms with Crippen LogP contribution in [0.2, 0.25) is 0 Å². The molecular weight excluding hydrogens is 1090 g/mol.